The summed E-state index contributed by atoms with van der Waals surface area (Å²) in [5.41, 5.74) is 1.50. The zero-order valence-electron chi connectivity index (χ0n) is 10.2. The zero-order chi connectivity index (χ0) is 13.0. The first kappa shape index (κ1) is 12.6. The van der Waals surface area contributed by atoms with E-state index < -0.39 is 0 Å². The van der Waals surface area contributed by atoms with E-state index in [-0.39, 0.29) is 18.1 Å². The van der Waals surface area contributed by atoms with Crippen LogP contribution in [0.3, 0.4) is 0 Å². The molecule has 1 atom stereocenters. The highest BCUT2D eigenvalue weighted by molar-refractivity contribution is 5.93. The zero-order valence-corrected chi connectivity index (χ0v) is 10.2. The molecule has 1 aromatic carbocycles. The summed E-state index contributed by atoms with van der Waals surface area (Å²) in [5.74, 6) is -0.322. The molecule has 0 aromatic heterocycles. The Kier molecular flexibility index (Phi) is 3.94. The number of nitrogens with one attached hydrogen (secondary N) is 2. The summed E-state index contributed by atoms with van der Waals surface area (Å²) in [5, 5.41) is 5.86. The van der Waals surface area contributed by atoms with E-state index in [1.165, 1.54) is 6.92 Å². The molecule has 0 aliphatic carbocycles. The Balaban J connectivity index is 1.82. The van der Waals surface area contributed by atoms with Crippen molar-refractivity contribution in [1.29, 1.82) is 0 Å². The average Bonchev–Trinajstić information content (AvgIpc) is 2.66. The minimum atomic E-state index is -0.369. The van der Waals surface area contributed by atoms with Crippen LogP contribution in [0.25, 0.3) is 0 Å². The van der Waals surface area contributed by atoms with Crippen LogP contribution in [0.1, 0.15) is 35.5 Å². The summed E-state index contributed by atoms with van der Waals surface area (Å²) in [6.45, 7) is 2.78. The number of fused-ring (bicyclic) bond motifs is 1. The molecular formula is C13H16N2O3. The first-order valence-electron chi connectivity index (χ1n) is 5.96. The summed E-state index contributed by atoms with van der Waals surface area (Å²) in [6, 6.07) is 7.34. The summed E-state index contributed by atoms with van der Waals surface area (Å²) in [7, 11) is 0. The lowest BCUT2D eigenvalue weighted by molar-refractivity contribution is -0.118. The van der Waals surface area contributed by atoms with Crippen LogP contribution < -0.4 is 10.6 Å². The van der Waals surface area contributed by atoms with Crippen LogP contribution in [0.5, 0.6) is 0 Å². The van der Waals surface area contributed by atoms with Gasteiger partial charge in [-0.05, 0) is 12.5 Å². The molecule has 1 aromatic rings. The molecule has 0 saturated heterocycles. The standard InChI is InChI=1S/C13H16N2O3/c1-9(16)14-7-4-8-15-12-10-5-2-3-6-11(10)13(17)18-12/h2-3,5-6,12,15H,4,7-8H2,1H3,(H,14,16). The van der Waals surface area contributed by atoms with Crippen molar-refractivity contribution in [1.82, 2.24) is 10.6 Å². The highest BCUT2D eigenvalue weighted by Crippen LogP contribution is 2.27. The fraction of sp³-hybridized carbons (Fsp3) is 0.385. The van der Waals surface area contributed by atoms with Crippen molar-refractivity contribution in [3.63, 3.8) is 0 Å². The molecule has 1 amide bonds. The summed E-state index contributed by atoms with van der Waals surface area (Å²) in [6.07, 6.45) is 0.418. The van der Waals surface area contributed by atoms with E-state index >= 15 is 0 Å². The predicted octanol–water partition coefficient (Wildman–Crippen LogP) is 0.971. The van der Waals surface area contributed by atoms with Crippen molar-refractivity contribution in [3.05, 3.63) is 35.4 Å². The van der Waals surface area contributed by atoms with E-state index in [1.54, 1.807) is 6.07 Å². The molecule has 18 heavy (non-hydrogen) atoms. The van der Waals surface area contributed by atoms with E-state index in [2.05, 4.69) is 10.6 Å². The van der Waals surface area contributed by atoms with E-state index in [1.807, 2.05) is 18.2 Å². The summed E-state index contributed by atoms with van der Waals surface area (Å²) in [4.78, 5) is 22.2. The fourth-order valence-electron chi connectivity index (χ4n) is 1.88. The molecule has 1 aliphatic heterocycles. The lowest BCUT2D eigenvalue weighted by Crippen LogP contribution is -2.27. The lowest BCUT2D eigenvalue weighted by atomic mass is 10.1. The third-order valence-electron chi connectivity index (χ3n) is 2.75. The Morgan fingerprint density at radius 1 is 1.33 bits per heavy atom. The van der Waals surface area contributed by atoms with Crippen molar-refractivity contribution in [2.45, 2.75) is 19.6 Å². The Morgan fingerprint density at radius 3 is 2.89 bits per heavy atom. The lowest BCUT2D eigenvalue weighted by Gasteiger charge is -2.12. The monoisotopic (exact) mass is 248 g/mol. The van der Waals surface area contributed by atoms with Crippen molar-refractivity contribution in [2.24, 2.45) is 0 Å². The molecule has 5 nitrogen and oxygen atoms in total. The number of carbonyl (C=O) groups excluding carboxylic acids is 2. The first-order chi connectivity index (χ1) is 8.68. The topological polar surface area (TPSA) is 67.4 Å². The Bertz CT molecular complexity index is 459. The smallest absolute Gasteiger partial charge is 0.340 e. The van der Waals surface area contributed by atoms with E-state index in [0.29, 0.717) is 18.7 Å². The largest absolute Gasteiger partial charge is 0.439 e. The van der Waals surface area contributed by atoms with Crippen molar-refractivity contribution < 1.29 is 14.3 Å². The van der Waals surface area contributed by atoms with Gasteiger partial charge in [0.1, 0.15) is 0 Å². The Morgan fingerprint density at radius 2 is 2.11 bits per heavy atom. The molecule has 0 spiro atoms. The van der Waals surface area contributed by atoms with Gasteiger partial charge < -0.3 is 10.1 Å². The molecule has 0 saturated carbocycles. The molecule has 1 heterocycles. The highest BCUT2D eigenvalue weighted by Gasteiger charge is 2.29. The van der Waals surface area contributed by atoms with Crippen LogP contribution in [0.4, 0.5) is 0 Å². The average molecular weight is 248 g/mol. The number of cyclic esters (lactones) is 1. The van der Waals surface area contributed by atoms with Gasteiger partial charge in [0.25, 0.3) is 0 Å². The van der Waals surface area contributed by atoms with E-state index in [0.717, 1.165) is 12.0 Å². The molecular weight excluding hydrogens is 232 g/mol. The number of amides is 1. The predicted molar refractivity (Wildman–Crippen MR) is 65.9 cm³/mol. The molecule has 0 radical (unpaired) electrons. The van der Waals surface area contributed by atoms with Gasteiger partial charge in [-0.3, -0.25) is 10.1 Å². The van der Waals surface area contributed by atoms with Gasteiger partial charge in [-0.2, -0.15) is 0 Å². The van der Waals surface area contributed by atoms with Crippen LogP contribution >= 0.6 is 0 Å². The number of esters is 1. The van der Waals surface area contributed by atoms with Gasteiger partial charge >= 0.3 is 5.97 Å². The van der Waals surface area contributed by atoms with Gasteiger partial charge in [0.05, 0.1) is 5.56 Å². The van der Waals surface area contributed by atoms with Gasteiger partial charge in [-0.15, -0.1) is 0 Å². The number of ether oxygens (including phenoxy) is 1. The highest BCUT2D eigenvalue weighted by atomic mass is 16.6. The third kappa shape index (κ3) is 2.87. The molecule has 1 aliphatic rings. The fourth-order valence-corrected chi connectivity index (χ4v) is 1.88. The maximum Gasteiger partial charge on any atom is 0.340 e. The number of rotatable bonds is 5. The van der Waals surface area contributed by atoms with Crippen LogP contribution in [-0.4, -0.2) is 25.0 Å². The van der Waals surface area contributed by atoms with E-state index in [9.17, 15) is 9.59 Å². The second-order valence-corrected chi connectivity index (χ2v) is 4.16. The number of carbonyl (C=O) groups is 2. The summed E-state index contributed by atoms with van der Waals surface area (Å²) < 4.78 is 5.22. The maximum atomic E-state index is 11.5. The number of hydrogen-bond donors (Lipinski definition) is 2. The van der Waals surface area contributed by atoms with Crippen LogP contribution in [0.2, 0.25) is 0 Å². The summed E-state index contributed by atoms with van der Waals surface area (Å²) >= 11 is 0. The van der Waals surface area contributed by atoms with Crippen molar-refractivity contribution in [3.8, 4) is 0 Å². The molecule has 0 bridgehead atoms. The minimum absolute atomic E-state index is 0.0346. The Labute approximate surface area is 106 Å². The molecule has 1 unspecified atom stereocenters. The van der Waals surface area contributed by atoms with Gasteiger partial charge in [0, 0.05) is 25.6 Å². The van der Waals surface area contributed by atoms with Crippen LogP contribution in [0, 0.1) is 0 Å². The quantitative estimate of drug-likeness (QED) is 0.602. The minimum Gasteiger partial charge on any atom is -0.439 e. The molecule has 2 N–H and O–H groups in total. The van der Waals surface area contributed by atoms with Crippen LogP contribution in [0.15, 0.2) is 24.3 Å². The molecule has 0 fully saturated rings. The Hall–Kier alpha value is -1.88. The second-order valence-electron chi connectivity index (χ2n) is 4.16. The SMILES string of the molecule is CC(=O)NCCCNC1OC(=O)c2ccccc21. The first-order valence-corrected chi connectivity index (χ1v) is 5.96. The van der Waals surface area contributed by atoms with Crippen LogP contribution in [-0.2, 0) is 9.53 Å². The molecule has 2 rings (SSSR count). The second kappa shape index (κ2) is 5.64. The molecule has 5 heteroatoms. The third-order valence-corrected chi connectivity index (χ3v) is 2.75. The van der Waals surface area contributed by atoms with Gasteiger partial charge in [0.2, 0.25) is 5.91 Å². The number of benzene rings is 1. The number of hydrogen-bond acceptors (Lipinski definition) is 4. The maximum absolute atomic E-state index is 11.5. The van der Waals surface area contributed by atoms with Gasteiger partial charge in [-0.1, -0.05) is 18.2 Å². The van der Waals surface area contributed by atoms with Crippen molar-refractivity contribution >= 4 is 11.9 Å². The molecule has 96 valence electrons. The van der Waals surface area contributed by atoms with Crippen molar-refractivity contribution in [2.75, 3.05) is 13.1 Å². The van der Waals surface area contributed by atoms with E-state index in [4.69, 9.17) is 4.74 Å². The van der Waals surface area contributed by atoms with Gasteiger partial charge in [0.15, 0.2) is 6.23 Å². The normalized spacial score (nSPS) is 17.2. The van der Waals surface area contributed by atoms with Gasteiger partial charge in [-0.25, -0.2) is 4.79 Å².